The van der Waals surface area contributed by atoms with E-state index in [0.717, 1.165) is 16.7 Å². The van der Waals surface area contributed by atoms with Crippen LogP contribution in [0.15, 0.2) is 40.9 Å². The zero-order valence-electron chi connectivity index (χ0n) is 21.7. The van der Waals surface area contributed by atoms with Crippen molar-refractivity contribution in [2.75, 3.05) is 32.1 Å². The van der Waals surface area contributed by atoms with Gasteiger partial charge >= 0.3 is 0 Å². The maximum absolute atomic E-state index is 12.8. The zero-order valence-corrected chi connectivity index (χ0v) is 22.5. The van der Waals surface area contributed by atoms with Gasteiger partial charge in [-0.3, -0.25) is 4.79 Å². The molecule has 5 rings (SSSR count). The molecule has 2 heterocycles. The lowest BCUT2D eigenvalue weighted by Crippen LogP contribution is -2.45. The van der Waals surface area contributed by atoms with Gasteiger partial charge in [0.1, 0.15) is 17.6 Å². The molecule has 1 amide bonds. The molecule has 1 fully saturated rings. The van der Waals surface area contributed by atoms with E-state index in [0.29, 0.717) is 61.8 Å². The quantitative estimate of drug-likeness (QED) is 0.444. The average Bonchev–Trinajstić information content (AvgIpc) is 3.56. The summed E-state index contributed by atoms with van der Waals surface area (Å²) in [5.41, 5.74) is 3.45. The van der Waals surface area contributed by atoms with Crippen molar-refractivity contribution in [2.45, 2.75) is 38.8 Å². The minimum absolute atomic E-state index is 0. The van der Waals surface area contributed by atoms with E-state index in [1.54, 1.807) is 18.2 Å². The summed E-state index contributed by atoms with van der Waals surface area (Å²) in [5.74, 6) is 0.0803. The smallest absolute Gasteiger partial charge is 0.258 e. The molecule has 11 nitrogen and oxygen atoms in total. The van der Waals surface area contributed by atoms with Gasteiger partial charge in [0.15, 0.2) is 0 Å². The van der Waals surface area contributed by atoms with Crippen molar-refractivity contribution in [3.63, 3.8) is 0 Å². The van der Waals surface area contributed by atoms with Gasteiger partial charge < -0.3 is 18.9 Å². The number of aromatic nitrogens is 2. The van der Waals surface area contributed by atoms with E-state index in [1.807, 2.05) is 32.0 Å². The van der Waals surface area contributed by atoms with Crippen molar-refractivity contribution >= 4 is 15.9 Å². The van der Waals surface area contributed by atoms with Crippen LogP contribution in [-0.2, 0) is 26.0 Å². The highest BCUT2D eigenvalue weighted by Crippen LogP contribution is 2.38. The predicted octanol–water partition coefficient (Wildman–Crippen LogP) is 3.07. The van der Waals surface area contributed by atoms with Crippen LogP contribution in [0.3, 0.4) is 0 Å². The monoisotopic (exact) mass is 553 g/mol. The number of benzene rings is 2. The third kappa shape index (κ3) is 5.95. The van der Waals surface area contributed by atoms with Crippen LogP contribution in [0.25, 0.3) is 22.8 Å². The summed E-state index contributed by atoms with van der Waals surface area (Å²) in [4.78, 5) is 18.6. The van der Waals surface area contributed by atoms with E-state index in [4.69, 9.17) is 14.0 Å². The SMILES string of the molecule is CC(C)Oc1ccc(-c2nc(-c3cccc4c3CC[C@H]4NS(=O)(=O)CC(=O)N3CCOCC3)no2)cc1C#N.[HH]. The Morgan fingerprint density at radius 3 is 2.82 bits per heavy atom. The number of rotatable bonds is 8. The average molecular weight is 554 g/mol. The number of nitriles is 1. The van der Waals surface area contributed by atoms with Gasteiger partial charge in [-0.2, -0.15) is 10.2 Å². The van der Waals surface area contributed by atoms with Gasteiger partial charge in [0.05, 0.1) is 24.9 Å². The molecule has 1 saturated heterocycles. The van der Waals surface area contributed by atoms with Gasteiger partial charge in [0, 0.05) is 31.7 Å². The molecule has 2 aromatic carbocycles. The third-order valence-electron chi connectivity index (χ3n) is 6.65. The predicted molar refractivity (Wildman–Crippen MR) is 143 cm³/mol. The maximum atomic E-state index is 12.8. The standard InChI is InChI=1S/C27H29N5O6S.H2/c1-17(2)37-24-9-6-18(14-19(24)15-28)27-29-26(30-38-27)22-5-3-4-21-20(22)7-8-23(21)31-39(34,35)16-25(33)32-10-12-36-13-11-32;/h3-6,9,14,17,23,31H,7-8,10-13,16H2,1-2H3;1H/t23-;/m1./s1. The lowest BCUT2D eigenvalue weighted by Gasteiger charge is -2.27. The molecule has 1 aliphatic carbocycles. The number of amides is 1. The Morgan fingerprint density at radius 1 is 1.28 bits per heavy atom. The first-order valence-corrected chi connectivity index (χ1v) is 14.4. The van der Waals surface area contributed by atoms with Gasteiger partial charge in [-0.25, -0.2) is 13.1 Å². The number of sulfonamides is 1. The summed E-state index contributed by atoms with van der Waals surface area (Å²) in [7, 11) is -3.85. The Morgan fingerprint density at radius 2 is 2.08 bits per heavy atom. The van der Waals surface area contributed by atoms with Crippen LogP contribution in [0.5, 0.6) is 5.75 Å². The molecule has 0 radical (unpaired) electrons. The second-order valence-electron chi connectivity index (χ2n) is 9.75. The molecule has 0 saturated carbocycles. The highest BCUT2D eigenvalue weighted by molar-refractivity contribution is 7.90. The minimum atomic E-state index is -3.85. The summed E-state index contributed by atoms with van der Waals surface area (Å²) < 4.78 is 44.8. The number of hydrogen-bond acceptors (Lipinski definition) is 9. The highest BCUT2D eigenvalue weighted by Gasteiger charge is 2.31. The molecule has 3 aromatic rings. The van der Waals surface area contributed by atoms with E-state index in [1.165, 1.54) is 4.90 Å². The fraction of sp³-hybridized carbons (Fsp3) is 0.407. The number of nitrogens with one attached hydrogen (secondary N) is 1. The maximum Gasteiger partial charge on any atom is 0.258 e. The molecule has 0 bridgehead atoms. The topological polar surface area (TPSA) is 148 Å². The van der Waals surface area contributed by atoms with Gasteiger partial charge in [-0.1, -0.05) is 23.4 Å². The Kier molecular flexibility index (Phi) is 7.65. The first-order valence-electron chi connectivity index (χ1n) is 12.8. The van der Waals surface area contributed by atoms with Crippen LogP contribution in [0.4, 0.5) is 0 Å². The van der Waals surface area contributed by atoms with E-state index in [9.17, 15) is 18.5 Å². The first kappa shape index (κ1) is 26.8. The van der Waals surface area contributed by atoms with Gasteiger partial charge in [0.2, 0.25) is 21.8 Å². The van der Waals surface area contributed by atoms with Gasteiger partial charge in [-0.15, -0.1) is 0 Å². The van der Waals surface area contributed by atoms with Crippen LogP contribution >= 0.6 is 0 Å². The molecule has 0 unspecified atom stereocenters. The number of fused-ring (bicyclic) bond motifs is 1. The van der Waals surface area contributed by atoms with Crippen LogP contribution in [0, 0.1) is 11.3 Å². The van der Waals surface area contributed by atoms with Crippen molar-refractivity contribution in [1.82, 2.24) is 19.8 Å². The Labute approximate surface area is 228 Å². The lowest BCUT2D eigenvalue weighted by molar-refractivity contribution is -0.132. The number of carbonyl (C=O) groups excluding carboxylic acids is 1. The number of carbonyl (C=O) groups is 1. The van der Waals surface area contributed by atoms with E-state index < -0.39 is 27.7 Å². The molecule has 1 aliphatic heterocycles. The Balaban J connectivity index is 0.00000370. The van der Waals surface area contributed by atoms with Crippen LogP contribution in [0.1, 0.15) is 44.4 Å². The molecule has 0 spiro atoms. The summed E-state index contributed by atoms with van der Waals surface area (Å²) in [6, 6.07) is 12.4. The van der Waals surface area contributed by atoms with Crippen LogP contribution in [0.2, 0.25) is 0 Å². The van der Waals surface area contributed by atoms with Crippen molar-refractivity contribution in [2.24, 2.45) is 0 Å². The third-order valence-corrected chi connectivity index (χ3v) is 7.92. The van der Waals surface area contributed by atoms with E-state index >= 15 is 0 Å². The number of nitrogens with zero attached hydrogens (tertiary/aromatic N) is 4. The minimum Gasteiger partial charge on any atom is -0.490 e. The molecule has 1 aromatic heterocycles. The van der Waals surface area contributed by atoms with Crippen molar-refractivity contribution in [3.8, 4) is 34.7 Å². The fourth-order valence-electron chi connectivity index (χ4n) is 4.87. The van der Waals surface area contributed by atoms with Gasteiger partial charge in [-0.05, 0) is 56.0 Å². The lowest BCUT2D eigenvalue weighted by atomic mass is 10.0. The summed E-state index contributed by atoms with van der Waals surface area (Å²) in [6.07, 6.45) is 1.08. The molecule has 12 heteroatoms. The molecule has 1 N–H and O–H groups in total. The molecule has 206 valence electrons. The van der Waals surface area contributed by atoms with E-state index in [2.05, 4.69) is 20.9 Å². The van der Waals surface area contributed by atoms with Crippen molar-refractivity contribution in [3.05, 3.63) is 53.1 Å². The van der Waals surface area contributed by atoms with Gasteiger partial charge in [0.25, 0.3) is 5.89 Å². The normalized spacial score (nSPS) is 17.2. The van der Waals surface area contributed by atoms with Crippen molar-refractivity contribution in [1.29, 1.82) is 5.26 Å². The first-order chi connectivity index (χ1) is 18.7. The van der Waals surface area contributed by atoms with E-state index in [-0.39, 0.29) is 13.4 Å². The molecule has 2 aliphatic rings. The molecule has 39 heavy (non-hydrogen) atoms. The highest BCUT2D eigenvalue weighted by atomic mass is 32.2. The van der Waals surface area contributed by atoms with Crippen molar-refractivity contribution < 1.29 is 28.6 Å². The molecule has 1 atom stereocenters. The number of hydrogen-bond donors (Lipinski definition) is 1. The van der Waals surface area contributed by atoms with Crippen LogP contribution < -0.4 is 9.46 Å². The second kappa shape index (κ2) is 11.1. The summed E-state index contributed by atoms with van der Waals surface area (Å²) in [5, 5.41) is 13.7. The molecular weight excluding hydrogens is 522 g/mol. The number of ether oxygens (including phenoxy) is 2. The second-order valence-corrected chi connectivity index (χ2v) is 11.5. The Hall–Kier alpha value is -3.79. The molecular formula is C27H31N5O6S. The fourth-order valence-corrected chi connectivity index (χ4v) is 6.14. The number of morpholine rings is 1. The Bertz CT molecular complexity index is 1530. The summed E-state index contributed by atoms with van der Waals surface area (Å²) in [6.45, 7) is 5.38. The largest absolute Gasteiger partial charge is 0.490 e. The summed E-state index contributed by atoms with van der Waals surface area (Å²) >= 11 is 0. The van der Waals surface area contributed by atoms with Crippen LogP contribution in [-0.4, -0.2) is 67.5 Å². The zero-order chi connectivity index (χ0) is 27.6.